The Balaban J connectivity index is 3.62. The van der Waals surface area contributed by atoms with Gasteiger partial charge in [0.05, 0.1) is 12.5 Å². The Morgan fingerprint density at radius 2 is 1.93 bits per heavy atom. The van der Waals surface area contributed by atoms with Crippen molar-refractivity contribution in [2.75, 3.05) is 6.54 Å². The van der Waals surface area contributed by atoms with E-state index < -0.39 is 0 Å². The third-order valence-corrected chi connectivity index (χ3v) is 2.01. The van der Waals surface area contributed by atoms with Crippen LogP contribution in [0, 0.1) is 22.8 Å². The van der Waals surface area contributed by atoms with Gasteiger partial charge in [0, 0.05) is 6.54 Å². The average Bonchev–Trinajstić information content (AvgIpc) is 2.24. The molecule has 0 bridgehead atoms. The van der Waals surface area contributed by atoms with E-state index in [4.69, 9.17) is 10.5 Å². The fourth-order valence-electron chi connectivity index (χ4n) is 1.21. The van der Waals surface area contributed by atoms with Crippen molar-refractivity contribution < 1.29 is 0 Å². The smallest absolute Gasteiger partial charge is 0.182 e. The highest BCUT2D eigenvalue weighted by Crippen LogP contribution is 2.02. The highest BCUT2D eigenvalue weighted by atomic mass is 15.0. The summed E-state index contributed by atoms with van der Waals surface area (Å²) in [5.41, 5.74) is 0. The molecule has 0 aromatic carbocycles. The van der Waals surface area contributed by atoms with E-state index in [0.29, 0.717) is 12.4 Å². The molecule has 0 rings (SSSR count). The molecule has 1 N–H and O–H groups in total. The number of nitrogens with zero attached hydrogens (tertiary/aromatic N) is 3. The highest BCUT2D eigenvalue weighted by molar-refractivity contribution is 5.85. The maximum atomic E-state index is 8.46. The fourth-order valence-corrected chi connectivity index (χ4v) is 1.21. The lowest BCUT2D eigenvalue weighted by molar-refractivity contribution is 0.638. The summed E-state index contributed by atoms with van der Waals surface area (Å²) in [6, 6.07) is 1.97. The van der Waals surface area contributed by atoms with Crippen molar-refractivity contribution in [3.8, 4) is 12.3 Å². The van der Waals surface area contributed by atoms with Gasteiger partial charge in [-0.05, 0) is 6.42 Å². The van der Waals surface area contributed by atoms with Gasteiger partial charge in [0.25, 0.3) is 0 Å². The summed E-state index contributed by atoms with van der Waals surface area (Å²) < 4.78 is 0. The first kappa shape index (κ1) is 13.4. The molecule has 0 aromatic heterocycles. The molecule has 0 aliphatic rings. The number of hydrogen-bond donors (Lipinski definition) is 1. The van der Waals surface area contributed by atoms with E-state index in [1.165, 1.54) is 25.7 Å². The third kappa shape index (κ3) is 8.77. The molecule has 4 heteroatoms. The zero-order chi connectivity index (χ0) is 11.4. The Labute approximate surface area is 91.6 Å². The van der Waals surface area contributed by atoms with E-state index in [0.717, 1.165) is 6.42 Å². The summed E-state index contributed by atoms with van der Waals surface area (Å²) in [6.07, 6.45) is 7.91. The van der Waals surface area contributed by atoms with Crippen LogP contribution in [0.5, 0.6) is 0 Å². The molecule has 15 heavy (non-hydrogen) atoms. The predicted molar refractivity (Wildman–Crippen MR) is 60.0 cm³/mol. The van der Waals surface area contributed by atoms with E-state index in [9.17, 15) is 0 Å². The van der Waals surface area contributed by atoms with Crippen molar-refractivity contribution in [2.45, 2.75) is 45.4 Å². The number of unbranched alkanes of at least 4 members (excludes halogenated alkanes) is 4. The van der Waals surface area contributed by atoms with Crippen molar-refractivity contribution in [3.05, 3.63) is 0 Å². The monoisotopic (exact) mass is 206 g/mol. The van der Waals surface area contributed by atoms with Crippen LogP contribution >= 0.6 is 0 Å². The van der Waals surface area contributed by atoms with Gasteiger partial charge in [0.15, 0.2) is 6.19 Å². The molecule has 0 saturated heterocycles. The van der Waals surface area contributed by atoms with E-state index >= 15 is 0 Å². The van der Waals surface area contributed by atoms with Crippen LogP contribution in [0.2, 0.25) is 0 Å². The molecular formula is C11H18N4. The molecule has 0 aromatic rings. The molecule has 0 spiro atoms. The van der Waals surface area contributed by atoms with Gasteiger partial charge in [0.1, 0.15) is 5.84 Å². The van der Waals surface area contributed by atoms with Crippen molar-refractivity contribution in [3.63, 3.8) is 0 Å². The van der Waals surface area contributed by atoms with Gasteiger partial charge < -0.3 is 0 Å². The summed E-state index contributed by atoms with van der Waals surface area (Å²) in [4.78, 5) is 4.16. The molecule has 82 valence electrons. The molecule has 0 unspecified atom stereocenters. The van der Waals surface area contributed by atoms with Crippen LogP contribution < -0.4 is 5.32 Å². The lowest BCUT2D eigenvalue weighted by atomic mass is 10.1. The number of hydrogen-bond acceptors (Lipinski definition) is 3. The van der Waals surface area contributed by atoms with Crippen LogP contribution in [0.1, 0.15) is 45.4 Å². The fraction of sp³-hybridized carbons (Fsp3) is 0.727. The van der Waals surface area contributed by atoms with Crippen molar-refractivity contribution in [1.29, 1.82) is 10.5 Å². The topological polar surface area (TPSA) is 72.0 Å². The second kappa shape index (κ2) is 10.5. The molecule has 0 fully saturated rings. The zero-order valence-electron chi connectivity index (χ0n) is 9.29. The Kier molecular flexibility index (Phi) is 9.44. The summed E-state index contributed by atoms with van der Waals surface area (Å²) in [5.74, 6) is 0.482. The molecule has 0 atom stereocenters. The molecule has 0 radical (unpaired) electrons. The minimum absolute atomic E-state index is 0.183. The molecular weight excluding hydrogens is 188 g/mol. The summed E-state index contributed by atoms with van der Waals surface area (Å²) in [7, 11) is 0. The maximum Gasteiger partial charge on any atom is 0.182 e. The second-order valence-electron chi connectivity index (χ2n) is 3.31. The van der Waals surface area contributed by atoms with E-state index in [2.05, 4.69) is 17.2 Å². The van der Waals surface area contributed by atoms with E-state index in [1.54, 1.807) is 6.19 Å². The van der Waals surface area contributed by atoms with Gasteiger partial charge in [-0.1, -0.05) is 32.6 Å². The molecule has 0 amide bonds. The van der Waals surface area contributed by atoms with Gasteiger partial charge >= 0.3 is 0 Å². The van der Waals surface area contributed by atoms with Crippen molar-refractivity contribution in [1.82, 2.24) is 5.32 Å². The van der Waals surface area contributed by atoms with Crippen LogP contribution in [0.25, 0.3) is 0 Å². The van der Waals surface area contributed by atoms with E-state index in [-0.39, 0.29) is 6.42 Å². The quantitative estimate of drug-likeness (QED) is 0.228. The molecule has 0 saturated carbocycles. The largest absolute Gasteiger partial charge is 0.280 e. The first-order valence-corrected chi connectivity index (χ1v) is 5.40. The third-order valence-electron chi connectivity index (χ3n) is 2.01. The van der Waals surface area contributed by atoms with Gasteiger partial charge in [-0.25, -0.2) is 0 Å². The molecule has 0 aliphatic carbocycles. The van der Waals surface area contributed by atoms with Crippen LogP contribution in [0.3, 0.4) is 0 Å². The standard InChI is InChI=1S/C11H18N4/c1-2-3-4-5-6-9-14-11(7-8-12)15-10-13/h2-7,9H2,1H3,(H,14,15). The van der Waals surface area contributed by atoms with Crippen LogP contribution in [0.15, 0.2) is 4.99 Å². The van der Waals surface area contributed by atoms with Gasteiger partial charge in [0.2, 0.25) is 0 Å². The number of nitrogens with one attached hydrogen (secondary N) is 1. The first-order chi connectivity index (χ1) is 7.35. The van der Waals surface area contributed by atoms with Crippen LogP contribution in [-0.2, 0) is 0 Å². The lowest BCUT2D eigenvalue weighted by Crippen LogP contribution is -2.17. The number of aliphatic imine (C=N–C) groups is 1. The Hall–Kier alpha value is -1.55. The number of nitriles is 2. The van der Waals surface area contributed by atoms with Crippen molar-refractivity contribution >= 4 is 5.84 Å². The Morgan fingerprint density at radius 1 is 1.20 bits per heavy atom. The lowest BCUT2D eigenvalue weighted by Gasteiger charge is -1.99. The minimum Gasteiger partial charge on any atom is -0.280 e. The molecule has 0 heterocycles. The summed E-state index contributed by atoms with van der Waals surface area (Å²) in [5, 5.41) is 19.3. The van der Waals surface area contributed by atoms with Crippen molar-refractivity contribution in [2.24, 2.45) is 4.99 Å². The first-order valence-electron chi connectivity index (χ1n) is 5.40. The Morgan fingerprint density at radius 3 is 2.53 bits per heavy atom. The van der Waals surface area contributed by atoms with Gasteiger partial charge in [-0.15, -0.1) is 0 Å². The summed E-state index contributed by atoms with van der Waals surface area (Å²) in [6.45, 7) is 2.88. The number of amidine groups is 1. The number of rotatable bonds is 7. The second-order valence-corrected chi connectivity index (χ2v) is 3.31. The predicted octanol–water partition coefficient (Wildman–Crippen LogP) is 2.34. The van der Waals surface area contributed by atoms with Crippen LogP contribution in [-0.4, -0.2) is 12.4 Å². The SMILES string of the molecule is CCCCCCCN=C(CC#N)NC#N. The normalized spacial score (nSPS) is 10.5. The minimum atomic E-state index is 0.183. The molecule has 0 aliphatic heterocycles. The van der Waals surface area contributed by atoms with Gasteiger partial charge in [-0.2, -0.15) is 10.5 Å². The maximum absolute atomic E-state index is 8.46. The van der Waals surface area contributed by atoms with Gasteiger partial charge in [-0.3, -0.25) is 10.3 Å². The highest BCUT2D eigenvalue weighted by Gasteiger charge is 1.95. The molecule has 4 nitrogen and oxygen atoms in total. The average molecular weight is 206 g/mol. The van der Waals surface area contributed by atoms with Crippen LogP contribution in [0.4, 0.5) is 0 Å². The van der Waals surface area contributed by atoms with E-state index in [1.807, 2.05) is 6.07 Å². The summed E-state index contributed by atoms with van der Waals surface area (Å²) >= 11 is 0. The zero-order valence-corrected chi connectivity index (χ0v) is 9.29. The Bertz CT molecular complexity index is 239.